The van der Waals surface area contributed by atoms with Gasteiger partial charge in [0, 0.05) is 5.69 Å². The molecule has 0 unspecified atom stereocenters. The average Bonchev–Trinajstić information content (AvgIpc) is 3.30. The lowest BCUT2D eigenvalue weighted by molar-refractivity contribution is 0.0594. The van der Waals surface area contributed by atoms with Gasteiger partial charge in [-0.05, 0) is 58.4 Å². The number of fused-ring (bicyclic) bond motifs is 1. The number of esters is 1. The molecule has 27 heavy (non-hydrogen) atoms. The Morgan fingerprint density at radius 3 is 2.67 bits per heavy atom. The minimum absolute atomic E-state index is 0.0545. The monoisotopic (exact) mass is 359 g/mol. The summed E-state index contributed by atoms with van der Waals surface area (Å²) in [6, 6.07) is 18.2. The van der Waals surface area contributed by atoms with Gasteiger partial charge in [0.05, 0.1) is 13.7 Å². The molecule has 4 rings (SSSR count). The van der Waals surface area contributed by atoms with Crippen molar-refractivity contribution in [2.45, 2.75) is 19.4 Å². The van der Waals surface area contributed by atoms with Crippen LogP contribution in [0.25, 0.3) is 22.8 Å². The topological polar surface area (TPSA) is 62.3 Å². The van der Waals surface area contributed by atoms with E-state index in [0.717, 1.165) is 46.4 Å². The van der Waals surface area contributed by atoms with Crippen molar-refractivity contribution in [3.8, 4) is 11.1 Å². The van der Waals surface area contributed by atoms with Gasteiger partial charge in [0.2, 0.25) is 0 Å². The molecule has 4 nitrogen and oxygen atoms in total. The van der Waals surface area contributed by atoms with E-state index < -0.39 is 0 Å². The number of aryl methyl sites for hydroxylation is 1. The molecule has 2 aromatic carbocycles. The summed E-state index contributed by atoms with van der Waals surface area (Å²) in [5.41, 5.74) is 8.22. The quantitative estimate of drug-likeness (QED) is 0.677. The van der Waals surface area contributed by atoms with Crippen molar-refractivity contribution in [1.82, 2.24) is 4.98 Å². The number of hydrogen-bond donors (Lipinski definition) is 2. The first-order chi connectivity index (χ1) is 13.2. The molecule has 2 N–H and O–H groups in total. The molecule has 0 aliphatic heterocycles. The lowest BCUT2D eigenvalue weighted by Crippen LogP contribution is -2.01. The second-order valence-electron chi connectivity index (χ2n) is 6.72. The second kappa shape index (κ2) is 7.25. The number of aromatic amines is 1. The van der Waals surface area contributed by atoms with E-state index in [4.69, 9.17) is 4.74 Å². The summed E-state index contributed by atoms with van der Waals surface area (Å²) in [6.45, 7) is 0.0545. The number of carbonyl (C=O) groups excluding carboxylic acids is 1. The Balaban J connectivity index is 1.64. The number of H-pyrrole nitrogens is 1. The molecule has 0 amide bonds. The first kappa shape index (κ1) is 17.3. The number of nitrogens with one attached hydrogen (secondary N) is 1. The van der Waals surface area contributed by atoms with Crippen molar-refractivity contribution < 1.29 is 14.6 Å². The number of hydrogen-bond acceptors (Lipinski definition) is 3. The van der Waals surface area contributed by atoms with Gasteiger partial charge < -0.3 is 14.8 Å². The zero-order valence-corrected chi connectivity index (χ0v) is 15.2. The standard InChI is InChI=1S/C23H21NO3/c1-27-23(26)22-13-20-19(9-10-21(20)24-22)12-16-3-2-4-18(11-16)17-7-5-15(14-25)6-8-17/h2-8,11-13,24-25H,9-10,14H2,1H3/b19-12+. The van der Waals surface area contributed by atoms with Crippen LogP contribution >= 0.6 is 0 Å². The van der Waals surface area contributed by atoms with Gasteiger partial charge in [-0.3, -0.25) is 0 Å². The summed E-state index contributed by atoms with van der Waals surface area (Å²) < 4.78 is 4.80. The molecular formula is C23H21NO3. The van der Waals surface area contributed by atoms with Gasteiger partial charge in [-0.1, -0.05) is 48.5 Å². The van der Waals surface area contributed by atoms with Gasteiger partial charge in [0.1, 0.15) is 5.69 Å². The van der Waals surface area contributed by atoms with Crippen molar-refractivity contribution >= 4 is 17.6 Å². The third kappa shape index (κ3) is 3.44. The summed E-state index contributed by atoms with van der Waals surface area (Å²) in [7, 11) is 1.39. The molecule has 4 heteroatoms. The van der Waals surface area contributed by atoms with Gasteiger partial charge in [0.25, 0.3) is 0 Å². The van der Waals surface area contributed by atoms with Crippen molar-refractivity contribution in [2.24, 2.45) is 0 Å². The Morgan fingerprint density at radius 2 is 1.93 bits per heavy atom. The summed E-state index contributed by atoms with van der Waals surface area (Å²) in [4.78, 5) is 14.9. The van der Waals surface area contributed by atoms with Gasteiger partial charge >= 0.3 is 5.97 Å². The molecule has 0 atom stereocenters. The van der Waals surface area contributed by atoms with Crippen molar-refractivity contribution in [3.63, 3.8) is 0 Å². The molecule has 1 heterocycles. The molecule has 0 spiro atoms. The van der Waals surface area contributed by atoms with Crippen LogP contribution in [0.5, 0.6) is 0 Å². The van der Waals surface area contributed by atoms with Crippen LogP contribution in [0.3, 0.4) is 0 Å². The first-order valence-electron chi connectivity index (χ1n) is 8.99. The molecule has 0 fully saturated rings. The highest BCUT2D eigenvalue weighted by Gasteiger charge is 2.22. The van der Waals surface area contributed by atoms with Crippen LogP contribution in [-0.2, 0) is 17.8 Å². The SMILES string of the molecule is COC(=O)c1cc2c([nH]1)CC/C2=C\c1cccc(-c2ccc(CO)cc2)c1. The zero-order chi connectivity index (χ0) is 18.8. The number of benzene rings is 2. The van der Waals surface area contributed by atoms with E-state index in [9.17, 15) is 9.90 Å². The normalized spacial score (nSPS) is 14.4. The number of carbonyl (C=O) groups is 1. The van der Waals surface area contributed by atoms with Crippen molar-refractivity contribution in [1.29, 1.82) is 0 Å². The van der Waals surface area contributed by atoms with Crippen LogP contribution in [0.4, 0.5) is 0 Å². The van der Waals surface area contributed by atoms with Crippen LogP contribution in [0, 0.1) is 0 Å². The highest BCUT2D eigenvalue weighted by atomic mass is 16.5. The third-order valence-corrected chi connectivity index (χ3v) is 4.99. The Kier molecular flexibility index (Phi) is 4.65. The minimum Gasteiger partial charge on any atom is -0.464 e. The molecule has 3 aromatic rings. The summed E-state index contributed by atoms with van der Waals surface area (Å²) in [5.74, 6) is -0.336. The Bertz CT molecular complexity index is 1010. The molecule has 136 valence electrons. The Hall–Kier alpha value is -3.11. The molecule has 1 aliphatic carbocycles. The van der Waals surface area contributed by atoms with E-state index in [1.54, 1.807) is 0 Å². The number of ether oxygens (including phenoxy) is 1. The predicted molar refractivity (Wildman–Crippen MR) is 106 cm³/mol. The number of aromatic nitrogens is 1. The largest absolute Gasteiger partial charge is 0.464 e. The molecule has 0 radical (unpaired) electrons. The number of aliphatic hydroxyl groups is 1. The van der Waals surface area contributed by atoms with E-state index in [2.05, 4.69) is 35.3 Å². The summed E-state index contributed by atoms with van der Waals surface area (Å²) in [5, 5.41) is 9.20. The molecule has 0 bridgehead atoms. The molecular weight excluding hydrogens is 338 g/mol. The third-order valence-electron chi connectivity index (χ3n) is 4.99. The van der Waals surface area contributed by atoms with Crippen LogP contribution in [0.1, 0.15) is 39.3 Å². The van der Waals surface area contributed by atoms with Crippen molar-refractivity contribution in [3.05, 3.63) is 82.7 Å². The van der Waals surface area contributed by atoms with Gasteiger partial charge in [-0.2, -0.15) is 0 Å². The van der Waals surface area contributed by atoms with Crippen LogP contribution in [0.15, 0.2) is 54.6 Å². The van der Waals surface area contributed by atoms with Gasteiger partial charge in [-0.15, -0.1) is 0 Å². The van der Waals surface area contributed by atoms with Crippen LogP contribution in [0.2, 0.25) is 0 Å². The predicted octanol–water partition coefficient (Wildman–Crippen LogP) is 4.45. The Morgan fingerprint density at radius 1 is 1.11 bits per heavy atom. The lowest BCUT2D eigenvalue weighted by atomic mass is 10.00. The molecule has 0 saturated heterocycles. The fraction of sp³-hybridized carbons (Fsp3) is 0.174. The zero-order valence-electron chi connectivity index (χ0n) is 15.2. The highest BCUT2D eigenvalue weighted by molar-refractivity contribution is 5.92. The van der Waals surface area contributed by atoms with E-state index in [0.29, 0.717) is 5.69 Å². The number of methoxy groups -OCH3 is 1. The van der Waals surface area contributed by atoms with Crippen molar-refractivity contribution in [2.75, 3.05) is 7.11 Å². The van der Waals surface area contributed by atoms with E-state index in [1.807, 2.05) is 30.3 Å². The highest BCUT2D eigenvalue weighted by Crippen LogP contribution is 2.34. The second-order valence-corrected chi connectivity index (χ2v) is 6.72. The Labute approximate surface area is 158 Å². The van der Waals surface area contributed by atoms with E-state index in [1.165, 1.54) is 12.7 Å². The summed E-state index contributed by atoms with van der Waals surface area (Å²) >= 11 is 0. The number of rotatable bonds is 4. The number of aliphatic hydroxyl groups excluding tert-OH is 1. The van der Waals surface area contributed by atoms with Crippen LogP contribution in [-0.4, -0.2) is 23.2 Å². The van der Waals surface area contributed by atoms with E-state index >= 15 is 0 Å². The molecule has 0 saturated carbocycles. The molecule has 1 aliphatic rings. The fourth-order valence-corrected chi connectivity index (χ4v) is 3.56. The molecule has 1 aromatic heterocycles. The van der Waals surface area contributed by atoms with Gasteiger partial charge in [0.15, 0.2) is 0 Å². The van der Waals surface area contributed by atoms with Crippen LogP contribution < -0.4 is 0 Å². The number of allylic oxidation sites excluding steroid dienone is 1. The average molecular weight is 359 g/mol. The smallest absolute Gasteiger partial charge is 0.354 e. The van der Waals surface area contributed by atoms with Gasteiger partial charge in [-0.25, -0.2) is 4.79 Å². The fourth-order valence-electron chi connectivity index (χ4n) is 3.56. The maximum atomic E-state index is 11.7. The summed E-state index contributed by atoms with van der Waals surface area (Å²) in [6.07, 6.45) is 4.05. The minimum atomic E-state index is -0.336. The lowest BCUT2D eigenvalue weighted by Gasteiger charge is -2.05. The van der Waals surface area contributed by atoms with E-state index in [-0.39, 0.29) is 12.6 Å². The first-order valence-corrected chi connectivity index (χ1v) is 8.99. The maximum absolute atomic E-state index is 11.7. The maximum Gasteiger partial charge on any atom is 0.354 e.